The van der Waals surface area contributed by atoms with Gasteiger partial charge < -0.3 is 14.9 Å². The third kappa shape index (κ3) is 6.19. The highest BCUT2D eigenvalue weighted by molar-refractivity contribution is 7.15. The van der Waals surface area contributed by atoms with Gasteiger partial charge >= 0.3 is 0 Å². The zero-order valence-electron chi connectivity index (χ0n) is 24.2. The lowest BCUT2D eigenvalue weighted by atomic mass is 10.2. The Morgan fingerprint density at radius 3 is 0.565 bits per heavy atom. The Kier molecular flexibility index (Phi) is 9.97. The van der Waals surface area contributed by atoms with Crippen LogP contribution in [0.25, 0.3) is 0 Å². The molecule has 3 aromatic rings. The third-order valence-electron chi connectivity index (χ3n) is 7.14. The van der Waals surface area contributed by atoms with Crippen LogP contribution in [0.1, 0.15) is 0 Å². The van der Waals surface area contributed by atoms with Gasteiger partial charge in [-0.15, -0.1) is 0 Å². The summed E-state index contributed by atoms with van der Waals surface area (Å²) >= 11 is 0. The smallest absolute Gasteiger partial charge is 0.200 e. The molecule has 0 heterocycles. The molecular formula is C25H22F15N3Si3. The zero-order chi connectivity index (χ0) is 35.6. The number of hydrogen-bond donors (Lipinski definition) is 3. The van der Waals surface area contributed by atoms with E-state index in [-0.39, 0.29) is 0 Å². The van der Waals surface area contributed by atoms with Crippen molar-refractivity contribution in [2.75, 3.05) is 14.9 Å². The molecule has 0 amide bonds. The van der Waals surface area contributed by atoms with Crippen molar-refractivity contribution in [1.82, 2.24) is 0 Å². The molecule has 0 aliphatic carbocycles. The van der Waals surface area contributed by atoms with E-state index in [0.29, 0.717) is 0 Å². The van der Waals surface area contributed by atoms with E-state index in [2.05, 4.69) is 14.9 Å². The Balaban J connectivity index is 2.32. The minimum atomic E-state index is -4.12. The maximum absolute atomic E-state index is 14.7. The molecule has 3 N–H and O–H groups in total. The fraction of sp³-hybridized carbons (Fsp3) is 0.280. The Bertz CT molecular complexity index is 1450. The van der Waals surface area contributed by atoms with Gasteiger partial charge in [0.15, 0.2) is 69.8 Å². The van der Waals surface area contributed by atoms with Gasteiger partial charge in [0.1, 0.15) is 41.8 Å². The van der Waals surface area contributed by atoms with Crippen LogP contribution >= 0.6 is 0 Å². The summed E-state index contributed by atoms with van der Waals surface area (Å²) in [4.78, 5) is 5.15. The van der Waals surface area contributed by atoms with E-state index in [1.165, 1.54) is 0 Å². The maximum Gasteiger partial charge on any atom is 0.200 e. The minimum absolute atomic E-state index is 1.15. The van der Waals surface area contributed by atoms with Crippen molar-refractivity contribution in [2.24, 2.45) is 0 Å². The minimum Gasteiger partial charge on any atom is -0.406 e. The molecule has 0 unspecified atom stereocenters. The van der Waals surface area contributed by atoms with Gasteiger partial charge in [0.2, 0.25) is 17.5 Å². The molecule has 254 valence electrons. The van der Waals surface area contributed by atoms with Gasteiger partial charge in [-0.25, -0.2) is 65.9 Å². The second kappa shape index (κ2) is 12.4. The molecule has 0 saturated heterocycles. The Morgan fingerprint density at radius 1 is 0.283 bits per heavy atom. The van der Waals surface area contributed by atoms with Gasteiger partial charge in [-0.1, -0.05) is 39.3 Å². The zero-order valence-corrected chi connectivity index (χ0v) is 27.2. The first-order valence-corrected chi connectivity index (χ1v) is 21.9. The summed E-state index contributed by atoms with van der Waals surface area (Å²) in [6, 6.07) is 0. The molecule has 21 heteroatoms. The van der Waals surface area contributed by atoms with E-state index < -0.39 is 134 Å². The first kappa shape index (κ1) is 37.1. The lowest BCUT2D eigenvalue weighted by molar-refractivity contribution is 0.382. The Morgan fingerprint density at radius 2 is 0.413 bits per heavy atom. The number of benzene rings is 3. The van der Waals surface area contributed by atoms with Crippen LogP contribution in [-0.2, 0) is 0 Å². The largest absolute Gasteiger partial charge is 0.406 e. The molecule has 0 fully saturated rings. The van der Waals surface area contributed by atoms with Gasteiger partial charge in [-0.2, -0.15) is 0 Å². The highest BCUT2D eigenvalue weighted by Gasteiger charge is 2.56. The molecule has 0 aromatic heterocycles. The van der Waals surface area contributed by atoms with Gasteiger partial charge in [0, 0.05) is 0 Å². The van der Waals surface area contributed by atoms with Crippen molar-refractivity contribution in [3.63, 3.8) is 0 Å². The lowest BCUT2D eigenvalue weighted by Gasteiger charge is -2.50. The molecule has 3 rings (SSSR count). The van der Waals surface area contributed by atoms with Crippen molar-refractivity contribution in [1.29, 1.82) is 0 Å². The number of nitrogens with one attached hydrogen (secondary N) is 3. The Hall–Kier alpha value is -3.34. The number of hydrogen-bond acceptors (Lipinski definition) is 3. The van der Waals surface area contributed by atoms with Crippen molar-refractivity contribution < 1.29 is 65.9 Å². The van der Waals surface area contributed by atoms with Crippen LogP contribution in [0.2, 0.25) is 44.1 Å². The van der Waals surface area contributed by atoms with E-state index in [9.17, 15) is 65.9 Å². The van der Waals surface area contributed by atoms with Gasteiger partial charge in [-0.3, -0.25) is 0 Å². The summed E-state index contributed by atoms with van der Waals surface area (Å²) in [5, 5.41) is 0. The van der Waals surface area contributed by atoms with Crippen molar-refractivity contribution in [2.45, 2.75) is 44.1 Å². The molecule has 0 saturated carbocycles. The van der Waals surface area contributed by atoms with Crippen LogP contribution < -0.4 is 14.9 Å². The quantitative estimate of drug-likeness (QED) is 0.0888. The average molecular weight is 734 g/mol. The molecule has 0 radical (unpaired) electrons. The standard InChI is InChI=1S/C25H22F15N3Si3/c1-44(2,41-22-16(35)10(29)7(26)11(30)17(22)36)25(45(3,4)42-23-18(37)12(31)8(27)13(32)19(23)38)46(5,6)43-24-20(39)14(33)9(28)15(34)21(24)40/h25,41-43H,1-6H3. The average Bonchev–Trinajstić information content (AvgIpc) is 2.97. The summed E-state index contributed by atoms with van der Waals surface area (Å²) in [6.07, 6.45) is 0. The van der Waals surface area contributed by atoms with Gasteiger partial charge in [-0.05, 0) is 4.79 Å². The highest BCUT2D eigenvalue weighted by Crippen LogP contribution is 2.44. The van der Waals surface area contributed by atoms with Crippen LogP contribution in [0, 0.1) is 87.3 Å². The van der Waals surface area contributed by atoms with Crippen LogP contribution in [0.15, 0.2) is 0 Å². The first-order chi connectivity index (χ1) is 20.8. The molecule has 0 atom stereocenters. The molecule has 0 spiro atoms. The molecule has 3 nitrogen and oxygen atoms in total. The summed E-state index contributed by atoms with van der Waals surface area (Å²) in [5.41, 5.74) is -4.75. The van der Waals surface area contributed by atoms with Gasteiger partial charge in [0.25, 0.3) is 0 Å². The number of rotatable bonds is 9. The molecule has 0 bridgehead atoms. The SMILES string of the molecule is C[Si](C)(Nc1c(F)c(F)c(F)c(F)c1F)C([Si](C)(C)Nc1c(F)c(F)c(F)c(F)c1F)[Si](C)(C)Nc1c(F)c(F)c(F)c(F)c1F. The number of anilines is 3. The second-order valence-electron chi connectivity index (χ2n) is 11.8. The summed E-state index contributed by atoms with van der Waals surface area (Å²) in [6.45, 7) is 6.91. The van der Waals surface area contributed by atoms with E-state index in [1.54, 1.807) is 0 Å². The van der Waals surface area contributed by atoms with Crippen molar-refractivity contribution >= 4 is 41.8 Å². The molecule has 0 aliphatic heterocycles. The van der Waals surface area contributed by atoms with E-state index in [0.717, 1.165) is 39.3 Å². The summed E-state index contributed by atoms with van der Waals surface area (Å²) < 4.78 is 214. The highest BCUT2D eigenvalue weighted by atomic mass is 28.5. The third-order valence-corrected chi connectivity index (χ3v) is 27.1. The molecule has 0 aliphatic rings. The van der Waals surface area contributed by atoms with E-state index in [4.69, 9.17) is 0 Å². The van der Waals surface area contributed by atoms with Crippen molar-refractivity contribution in [3.05, 3.63) is 87.3 Å². The lowest BCUT2D eigenvalue weighted by Crippen LogP contribution is -2.68. The van der Waals surface area contributed by atoms with Crippen LogP contribution in [-0.4, -0.2) is 24.7 Å². The predicted octanol–water partition coefficient (Wildman–Crippen LogP) is 9.47. The van der Waals surface area contributed by atoms with E-state index >= 15 is 0 Å². The number of halogens is 15. The van der Waals surface area contributed by atoms with Crippen LogP contribution in [0.3, 0.4) is 0 Å². The maximum atomic E-state index is 14.7. The fourth-order valence-electron chi connectivity index (χ4n) is 6.03. The van der Waals surface area contributed by atoms with E-state index in [1.807, 2.05) is 0 Å². The predicted molar refractivity (Wildman–Crippen MR) is 146 cm³/mol. The summed E-state index contributed by atoms with van der Waals surface area (Å²) in [7, 11) is -12.4. The van der Waals surface area contributed by atoms with Crippen LogP contribution in [0.4, 0.5) is 82.9 Å². The monoisotopic (exact) mass is 733 g/mol. The summed E-state index contributed by atoms with van der Waals surface area (Å²) in [5.74, 6) is -36.0. The molecule has 3 aromatic carbocycles. The Labute approximate surface area is 254 Å². The normalized spacial score (nSPS) is 12.7. The van der Waals surface area contributed by atoms with Crippen molar-refractivity contribution in [3.8, 4) is 0 Å². The second-order valence-corrected chi connectivity index (χ2v) is 26.4. The molecule has 46 heavy (non-hydrogen) atoms. The molecular weight excluding hydrogens is 712 g/mol. The fourth-order valence-corrected chi connectivity index (χ4v) is 32.0. The van der Waals surface area contributed by atoms with Gasteiger partial charge in [0.05, 0.1) is 0 Å². The topological polar surface area (TPSA) is 36.1 Å². The van der Waals surface area contributed by atoms with Crippen LogP contribution in [0.5, 0.6) is 0 Å². The first-order valence-electron chi connectivity index (χ1n) is 12.7.